The first kappa shape index (κ1) is 13.0. The molecule has 18 heavy (non-hydrogen) atoms. The molecule has 1 unspecified atom stereocenters. The molecule has 1 aromatic heterocycles. The van der Waals surface area contributed by atoms with Gasteiger partial charge < -0.3 is 10.6 Å². The third kappa shape index (κ3) is 3.07. The largest absolute Gasteiger partial charge is 0.348 e. The number of hydrogen-bond donors (Lipinski definition) is 3. The quantitative estimate of drug-likeness (QED) is 0.734. The summed E-state index contributed by atoms with van der Waals surface area (Å²) in [7, 11) is 0. The van der Waals surface area contributed by atoms with Crippen LogP contribution in [0, 0.1) is 0 Å². The molecule has 0 radical (unpaired) electrons. The Kier molecular flexibility index (Phi) is 3.65. The molecular formula is C12H21N5O. The van der Waals surface area contributed by atoms with Crippen molar-refractivity contribution in [2.75, 3.05) is 13.1 Å². The van der Waals surface area contributed by atoms with Crippen LogP contribution in [0.25, 0.3) is 0 Å². The van der Waals surface area contributed by atoms with E-state index in [0.29, 0.717) is 12.6 Å². The lowest BCUT2D eigenvalue weighted by molar-refractivity contribution is 0.0940. The molecule has 6 heteroatoms. The van der Waals surface area contributed by atoms with Crippen molar-refractivity contribution < 1.29 is 4.79 Å². The zero-order valence-corrected chi connectivity index (χ0v) is 11.2. The molecule has 0 saturated carbocycles. The van der Waals surface area contributed by atoms with Gasteiger partial charge in [-0.05, 0) is 19.4 Å². The number of carbonyl (C=O) groups is 1. The standard InChI is InChI=1S/C12H21N5O/c1-12(2,3)11-15-9(16-17-11)10(18)14-7-8-5-4-6-13-8/h8,13H,4-7H2,1-3H3,(H,14,18)(H,15,16,17). The molecule has 0 aromatic carbocycles. The lowest BCUT2D eigenvalue weighted by Crippen LogP contribution is -2.37. The number of amides is 1. The van der Waals surface area contributed by atoms with E-state index < -0.39 is 0 Å². The summed E-state index contributed by atoms with van der Waals surface area (Å²) in [5.74, 6) is 0.736. The van der Waals surface area contributed by atoms with E-state index >= 15 is 0 Å². The van der Waals surface area contributed by atoms with E-state index in [2.05, 4.69) is 25.8 Å². The first-order valence-corrected chi connectivity index (χ1v) is 6.41. The predicted molar refractivity (Wildman–Crippen MR) is 68.4 cm³/mol. The topological polar surface area (TPSA) is 82.7 Å². The molecule has 1 fully saturated rings. The van der Waals surface area contributed by atoms with Gasteiger partial charge in [0.25, 0.3) is 5.91 Å². The van der Waals surface area contributed by atoms with Crippen molar-refractivity contribution in [2.24, 2.45) is 0 Å². The Balaban J connectivity index is 1.90. The molecule has 1 amide bonds. The van der Waals surface area contributed by atoms with E-state index in [9.17, 15) is 4.79 Å². The number of nitrogens with zero attached hydrogens (tertiary/aromatic N) is 2. The molecule has 1 saturated heterocycles. The van der Waals surface area contributed by atoms with Crippen LogP contribution < -0.4 is 10.6 Å². The third-order valence-corrected chi connectivity index (χ3v) is 3.07. The number of aromatic nitrogens is 3. The second kappa shape index (κ2) is 5.06. The lowest BCUT2D eigenvalue weighted by atomic mass is 9.96. The van der Waals surface area contributed by atoms with Crippen molar-refractivity contribution in [3.8, 4) is 0 Å². The maximum absolute atomic E-state index is 11.9. The zero-order valence-electron chi connectivity index (χ0n) is 11.2. The predicted octanol–water partition coefficient (Wildman–Crippen LogP) is 0.584. The first-order chi connectivity index (χ1) is 8.47. The minimum atomic E-state index is -0.213. The van der Waals surface area contributed by atoms with Gasteiger partial charge in [-0.25, -0.2) is 4.98 Å². The van der Waals surface area contributed by atoms with E-state index in [1.807, 2.05) is 20.8 Å². The van der Waals surface area contributed by atoms with Crippen LogP contribution >= 0.6 is 0 Å². The fraction of sp³-hybridized carbons (Fsp3) is 0.750. The Labute approximate surface area is 107 Å². The average molecular weight is 251 g/mol. The minimum Gasteiger partial charge on any atom is -0.348 e. The van der Waals surface area contributed by atoms with Gasteiger partial charge in [-0.3, -0.25) is 9.89 Å². The van der Waals surface area contributed by atoms with E-state index in [0.717, 1.165) is 18.8 Å². The Morgan fingerprint density at radius 3 is 2.83 bits per heavy atom. The van der Waals surface area contributed by atoms with Gasteiger partial charge in [-0.15, -0.1) is 5.10 Å². The molecule has 0 bridgehead atoms. The highest BCUT2D eigenvalue weighted by Crippen LogP contribution is 2.17. The zero-order chi connectivity index (χ0) is 13.2. The summed E-state index contributed by atoms with van der Waals surface area (Å²) in [6.45, 7) is 7.75. The van der Waals surface area contributed by atoms with Crippen molar-refractivity contribution in [2.45, 2.75) is 45.1 Å². The summed E-state index contributed by atoms with van der Waals surface area (Å²) in [6.07, 6.45) is 2.29. The fourth-order valence-corrected chi connectivity index (χ4v) is 1.92. The van der Waals surface area contributed by atoms with Crippen LogP contribution in [0.2, 0.25) is 0 Å². The highest BCUT2D eigenvalue weighted by molar-refractivity contribution is 5.90. The van der Waals surface area contributed by atoms with Crippen molar-refractivity contribution in [3.05, 3.63) is 11.6 Å². The van der Waals surface area contributed by atoms with Crippen molar-refractivity contribution in [1.29, 1.82) is 0 Å². The third-order valence-electron chi connectivity index (χ3n) is 3.07. The average Bonchev–Trinajstić information content (AvgIpc) is 2.96. The molecular weight excluding hydrogens is 230 g/mol. The van der Waals surface area contributed by atoms with Crippen molar-refractivity contribution >= 4 is 5.91 Å². The van der Waals surface area contributed by atoms with Crippen LogP contribution in [-0.4, -0.2) is 40.2 Å². The molecule has 100 valence electrons. The van der Waals surface area contributed by atoms with Gasteiger partial charge in [-0.1, -0.05) is 20.8 Å². The first-order valence-electron chi connectivity index (χ1n) is 6.41. The number of rotatable bonds is 3. The maximum Gasteiger partial charge on any atom is 0.291 e. The van der Waals surface area contributed by atoms with Crippen LogP contribution in [0.1, 0.15) is 50.1 Å². The molecule has 1 aliphatic rings. The number of H-pyrrole nitrogens is 1. The number of carbonyl (C=O) groups excluding carboxylic acids is 1. The Bertz CT molecular complexity index is 414. The Morgan fingerprint density at radius 2 is 2.28 bits per heavy atom. The smallest absolute Gasteiger partial charge is 0.291 e. The molecule has 1 aliphatic heterocycles. The van der Waals surface area contributed by atoms with E-state index in [-0.39, 0.29) is 17.1 Å². The van der Waals surface area contributed by atoms with Gasteiger partial charge in [0.15, 0.2) is 0 Å². The molecule has 2 heterocycles. The number of nitrogens with one attached hydrogen (secondary N) is 3. The van der Waals surface area contributed by atoms with Gasteiger partial charge in [-0.2, -0.15) is 0 Å². The highest BCUT2D eigenvalue weighted by atomic mass is 16.2. The van der Waals surface area contributed by atoms with Gasteiger partial charge in [0, 0.05) is 18.0 Å². The molecule has 1 aromatic rings. The summed E-state index contributed by atoms with van der Waals surface area (Å²) in [4.78, 5) is 16.1. The van der Waals surface area contributed by atoms with Crippen LogP contribution in [0.3, 0.4) is 0 Å². The van der Waals surface area contributed by atoms with Crippen LogP contribution in [0.5, 0.6) is 0 Å². The minimum absolute atomic E-state index is 0.126. The number of hydrogen-bond acceptors (Lipinski definition) is 4. The van der Waals surface area contributed by atoms with Gasteiger partial charge in [0.05, 0.1) is 0 Å². The molecule has 2 rings (SSSR count). The van der Waals surface area contributed by atoms with E-state index in [4.69, 9.17) is 0 Å². The monoisotopic (exact) mass is 251 g/mol. The molecule has 0 aliphatic carbocycles. The molecule has 6 nitrogen and oxygen atoms in total. The number of aromatic amines is 1. The normalized spacial score (nSPS) is 20.1. The second-order valence-corrected chi connectivity index (χ2v) is 5.76. The summed E-state index contributed by atoms with van der Waals surface area (Å²) in [5.41, 5.74) is -0.126. The van der Waals surface area contributed by atoms with Gasteiger partial charge >= 0.3 is 0 Å². The van der Waals surface area contributed by atoms with Crippen LogP contribution in [0.4, 0.5) is 0 Å². The van der Waals surface area contributed by atoms with Crippen LogP contribution in [-0.2, 0) is 5.41 Å². The molecule has 3 N–H and O–H groups in total. The second-order valence-electron chi connectivity index (χ2n) is 5.76. The van der Waals surface area contributed by atoms with Gasteiger partial charge in [0.2, 0.25) is 5.82 Å². The summed E-state index contributed by atoms with van der Waals surface area (Å²) in [5, 5.41) is 13.0. The lowest BCUT2D eigenvalue weighted by Gasteiger charge is -2.13. The van der Waals surface area contributed by atoms with E-state index in [1.165, 1.54) is 6.42 Å². The van der Waals surface area contributed by atoms with E-state index in [1.54, 1.807) is 0 Å². The summed E-state index contributed by atoms with van der Waals surface area (Å²) in [6, 6.07) is 0.384. The van der Waals surface area contributed by atoms with Gasteiger partial charge in [0.1, 0.15) is 5.82 Å². The summed E-state index contributed by atoms with van der Waals surface area (Å²) < 4.78 is 0. The van der Waals surface area contributed by atoms with Crippen molar-refractivity contribution in [3.63, 3.8) is 0 Å². The Hall–Kier alpha value is -1.43. The summed E-state index contributed by atoms with van der Waals surface area (Å²) >= 11 is 0. The SMILES string of the molecule is CC(C)(C)c1nc(C(=O)NCC2CCCN2)n[nH]1. The van der Waals surface area contributed by atoms with Crippen molar-refractivity contribution in [1.82, 2.24) is 25.8 Å². The Morgan fingerprint density at radius 1 is 1.50 bits per heavy atom. The fourth-order valence-electron chi connectivity index (χ4n) is 1.92. The van der Waals surface area contributed by atoms with Crippen LogP contribution in [0.15, 0.2) is 0 Å². The molecule has 0 spiro atoms. The highest BCUT2D eigenvalue weighted by Gasteiger charge is 2.22. The molecule has 1 atom stereocenters. The maximum atomic E-state index is 11.9.